The van der Waals surface area contributed by atoms with Crippen LogP contribution >= 0.6 is 15.9 Å². The molecular formula is C9H9BrNO. The molecule has 0 unspecified atom stereocenters. The molecule has 1 amide bonds. The Morgan fingerprint density at radius 3 is 2.50 bits per heavy atom. The van der Waals surface area contributed by atoms with Gasteiger partial charge in [-0.15, -0.1) is 0 Å². The molecule has 1 rings (SSSR count). The van der Waals surface area contributed by atoms with Gasteiger partial charge >= 0.3 is 0 Å². The highest BCUT2D eigenvalue weighted by Crippen LogP contribution is 2.08. The number of anilines is 1. The first-order valence-corrected chi connectivity index (χ1v) is 4.62. The highest BCUT2D eigenvalue weighted by atomic mass is 79.9. The van der Waals surface area contributed by atoms with Crippen molar-refractivity contribution < 1.29 is 4.79 Å². The van der Waals surface area contributed by atoms with Crippen LogP contribution < -0.4 is 5.32 Å². The third-order valence-corrected chi connectivity index (χ3v) is 1.87. The van der Waals surface area contributed by atoms with Crippen molar-refractivity contribution in [1.82, 2.24) is 0 Å². The monoisotopic (exact) mass is 226 g/mol. The van der Waals surface area contributed by atoms with E-state index in [0.29, 0.717) is 5.33 Å². The number of carbonyl (C=O) groups excluding carboxylic acids is 1. The van der Waals surface area contributed by atoms with Gasteiger partial charge in [0.05, 0.1) is 5.33 Å². The van der Waals surface area contributed by atoms with Gasteiger partial charge in [-0.3, -0.25) is 4.79 Å². The molecule has 0 bridgehead atoms. The summed E-state index contributed by atoms with van der Waals surface area (Å²) in [5.74, 6) is -0.0492. The summed E-state index contributed by atoms with van der Waals surface area (Å²) in [6.07, 6.45) is 0. The summed E-state index contributed by atoms with van der Waals surface area (Å²) in [6, 6.07) is 7.35. The van der Waals surface area contributed by atoms with Crippen molar-refractivity contribution >= 4 is 27.5 Å². The number of rotatable bonds is 2. The van der Waals surface area contributed by atoms with E-state index >= 15 is 0 Å². The van der Waals surface area contributed by atoms with Crippen molar-refractivity contribution in [3.05, 3.63) is 36.8 Å². The van der Waals surface area contributed by atoms with E-state index in [2.05, 4.69) is 28.2 Å². The molecule has 0 fully saturated rings. The fourth-order valence-electron chi connectivity index (χ4n) is 0.782. The second-order valence-electron chi connectivity index (χ2n) is 2.38. The largest absolute Gasteiger partial charge is 0.325 e. The second-order valence-corrected chi connectivity index (χ2v) is 2.94. The van der Waals surface area contributed by atoms with Gasteiger partial charge in [0.1, 0.15) is 0 Å². The van der Waals surface area contributed by atoms with Gasteiger partial charge in [0.15, 0.2) is 0 Å². The highest BCUT2D eigenvalue weighted by molar-refractivity contribution is 9.09. The number of hydrogen-bond donors (Lipinski definition) is 1. The maximum atomic E-state index is 10.9. The molecule has 0 heterocycles. The van der Waals surface area contributed by atoms with Gasteiger partial charge in [-0.05, 0) is 24.6 Å². The summed E-state index contributed by atoms with van der Waals surface area (Å²) in [6.45, 7) is 3.74. The van der Waals surface area contributed by atoms with Gasteiger partial charge in [-0.25, -0.2) is 0 Å². The van der Waals surface area contributed by atoms with E-state index in [1.165, 1.54) is 0 Å². The molecule has 1 N–H and O–H groups in total. The zero-order valence-electron chi connectivity index (χ0n) is 6.51. The summed E-state index contributed by atoms with van der Waals surface area (Å²) < 4.78 is 0. The molecular weight excluding hydrogens is 218 g/mol. The van der Waals surface area contributed by atoms with Crippen molar-refractivity contribution in [1.29, 1.82) is 0 Å². The molecule has 1 aromatic carbocycles. The lowest BCUT2D eigenvalue weighted by molar-refractivity contribution is -0.113. The third kappa shape index (κ3) is 2.66. The Labute approximate surface area is 80.1 Å². The van der Waals surface area contributed by atoms with E-state index < -0.39 is 0 Å². The van der Waals surface area contributed by atoms with Crippen molar-refractivity contribution in [2.75, 3.05) is 10.6 Å². The maximum Gasteiger partial charge on any atom is 0.235 e. The summed E-state index contributed by atoms with van der Waals surface area (Å²) in [5.41, 5.74) is 1.73. The number of halogens is 1. The molecule has 63 valence electrons. The minimum Gasteiger partial charge on any atom is -0.325 e. The highest BCUT2D eigenvalue weighted by Gasteiger charge is 1.97. The lowest BCUT2D eigenvalue weighted by Crippen LogP contribution is -2.11. The van der Waals surface area contributed by atoms with Gasteiger partial charge in [0.25, 0.3) is 0 Å². The van der Waals surface area contributed by atoms with Crippen LogP contribution in [-0.2, 0) is 4.79 Å². The normalized spacial score (nSPS) is 9.50. The molecule has 12 heavy (non-hydrogen) atoms. The number of nitrogens with one attached hydrogen (secondary N) is 1. The van der Waals surface area contributed by atoms with Crippen LogP contribution in [0, 0.1) is 6.92 Å². The zero-order chi connectivity index (χ0) is 8.97. The molecule has 1 radical (unpaired) electrons. The Kier molecular flexibility index (Phi) is 3.29. The Hall–Kier alpha value is -0.830. The molecule has 0 aliphatic carbocycles. The van der Waals surface area contributed by atoms with Crippen LogP contribution in [0.1, 0.15) is 5.56 Å². The molecule has 0 saturated carbocycles. The first kappa shape index (κ1) is 9.26. The molecule has 0 spiro atoms. The van der Waals surface area contributed by atoms with E-state index in [4.69, 9.17) is 0 Å². The van der Waals surface area contributed by atoms with Crippen molar-refractivity contribution in [3.63, 3.8) is 0 Å². The quantitative estimate of drug-likeness (QED) is 0.771. The smallest absolute Gasteiger partial charge is 0.235 e. The van der Waals surface area contributed by atoms with Crippen LogP contribution in [0.3, 0.4) is 0 Å². The molecule has 0 aliphatic heterocycles. The van der Waals surface area contributed by atoms with Crippen molar-refractivity contribution in [2.45, 2.75) is 0 Å². The van der Waals surface area contributed by atoms with Gasteiger partial charge in [0, 0.05) is 5.69 Å². The number of carbonyl (C=O) groups is 1. The minimum absolute atomic E-state index is 0.0492. The van der Waals surface area contributed by atoms with Crippen LogP contribution in [-0.4, -0.2) is 11.2 Å². The maximum absolute atomic E-state index is 10.9. The molecule has 0 aliphatic rings. The summed E-state index contributed by atoms with van der Waals surface area (Å²) >= 11 is 3.06. The summed E-state index contributed by atoms with van der Waals surface area (Å²) in [7, 11) is 0. The van der Waals surface area contributed by atoms with E-state index in [1.807, 2.05) is 24.3 Å². The average molecular weight is 227 g/mol. The van der Waals surface area contributed by atoms with E-state index in [-0.39, 0.29) is 5.91 Å². The SMILES string of the molecule is [CH2]c1ccc(NC(=O)CBr)cc1. The van der Waals surface area contributed by atoms with Crippen LogP contribution in [0.25, 0.3) is 0 Å². The lowest BCUT2D eigenvalue weighted by Gasteiger charge is -2.01. The van der Waals surface area contributed by atoms with Crippen LogP contribution in [0.5, 0.6) is 0 Å². The van der Waals surface area contributed by atoms with Gasteiger partial charge < -0.3 is 5.32 Å². The Morgan fingerprint density at radius 1 is 1.42 bits per heavy atom. The van der Waals surface area contributed by atoms with E-state index in [1.54, 1.807) is 0 Å². The van der Waals surface area contributed by atoms with E-state index in [9.17, 15) is 4.79 Å². The topological polar surface area (TPSA) is 29.1 Å². The Balaban J connectivity index is 2.64. The zero-order valence-corrected chi connectivity index (χ0v) is 8.10. The molecule has 0 atom stereocenters. The Bertz CT molecular complexity index is 268. The fraction of sp³-hybridized carbons (Fsp3) is 0.111. The van der Waals surface area contributed by atoms with Crippen LogP contribution in [0.4, 0.5) is 5.69 Å². The van der Waals surface area contributed by atoms with Crippen LogP contribution in [0.15, 0.2) is 24.3 Å². The molecule has 0 aromatic heterocycles. The van der Waals surface area contributed by atoms with Crippen molar-refractivity contribution in [3.8, 4) is 0 Å². The number of amides is 1. The van der Waals surface area contributed by atoms with Crippen LogP contribution in [0.2, 0.25) is 0 Å². The minimum atomic E-state index is -0.0492. The first-order valence-electron chi connectivity index (χ1n) is 3.50. The molecule has 2 nitrogen and oxygen atoms in total. The molecule has 1 aromatic rings. The molecule has 3 heteroatoms. The van der Waals surface area contributed by atoms with E-state index in [0.717, 1.165) is 11.3 Å². The first-order chi connectivity index (χ1) is 5.72. The van der Waals surface area contributed by atoms with Gasteiger partial charge in [0.2, 0.25) is 5.91 Å². The summed E-state index contributed by atoms with van der Waals surface area (Å²) in [5, 5.41) is 3.02. The predicted molar refractivity (Wildman–Crippen MR) is 53.3 cm³/mol. The van der Waals surface area contributed by atoms with Crippen molar-refractivity contribution in [2.24, 2.45) is 0 Å². The average Bonchev–Trinajstić information content (AvgIpc) is 2.09. The Morgan fingerprint density at radius 2 is 2.00 bits per heavy atom. The third-order valence-electron chi connectivity index (χ3n) is 1.36. The lowest BCUT2D eigenvalue weighted by atomic mass is 10.2. The fourth-order valence-corrected chi connectivity index (χ4v) is 0.923. The van der Waals surface area contributed by atoms with Gasteiger partial charge in [-0.1, -0.05) is 28.1 Å². The number of benzene rings is 1. The summed E-state index contributed by atoms with van der Waals surface area (Å²) in [4.78, 5) is 10.9. The predicted octanol–water partition coefficient (Wildman–Crippen LogP) is 2.20. The number of alkyl halides is 1. The second kappa shape index (κ2) is 4.26. The molecule has 0 saturated heterocycles. The van der Waals surface area contributed by atoms with Gasteiger partial charge in [-0.2, -0.15) is 0 Å². The number of hydrogen-bond acceptors (Lipinski definition) is 1. The standard InChI is InChI=1S/C9H9BrNO/c1-7-2-4-8(5-3-7)11-9(12)6-10/h2-5H,1,6H2,(H,11,12).